The van der Waals surface area contributed by atoms with E-state index in [1.165, 1.54) is 21.1 Å². The van der Waals surface area contributed by atoms with Crippen LogP contribution in [0.15, 0.2) is 0 Å². The van der Waals surface area contributed by atoms with Gasteiger partial charge in [0.15, 0.2) is 6.29 Å². The number of carbonyl (C=O) groups is 1. The van der Waals surface area contributed by atoms with Gasteiger partial charge in [-0.05, 0) is 6.92 Å². The van der Waals surface area contributed by atoms with Crippen LogP contribution in [0.2, 0.25) is 0 Å². The van der Waals surface area contributed by atoms with Crippen LogP contribution in [-0.2, 0) is 19.0 Å². The van der Waals surface area contributed by atoms with Crippen molar-refractivity contribution >= 4 is 5.97 Å². The molecule has 0 rings (SSSR count). The van der Waals surface area contributed by atoms with Gasteiger partial charge in [0, 0.05) is 34.0 Å². The minimum absolute atomic E-state index is 0.0702. The van der Waals surface area contributed by atoms with Crippen LogP contribution >= 0.6 is 0 Å². The Balaban J connectivity index is 4.46. The monoisotopic (exact) mass is 223 g/mol. The predicted octanol–water partition coefficient (Wildman–Crippen LogP) is 0.700. The second-order valence-electron chi connectivity index (χ2n) is 3.52. The van der Waals surface area contributed by atoms with Gasteiger partial charge in [-0.3, -0.25) is 4.79 Å². The largest absolute Gasteiger partial charge is 0.466 e. The van der Waals surface area contributed by atoms with Gasteiger partial charge < -0.3 is 19.3 Å². The van der Waals surface area contributed by atoms with Crippen LogP contribution < -0.4 is 0 Å². The molecule has 0 aromatic carbocycles. The number of carbonyl (C=O) groups excluding carboxylic acids is 1. The topological polar surface area (TPSA) is 65.0 Å². The van der Waals surface area contributed by atoms with Gasteiger partial charge in [0.1, 0.15) is 0 Å². The van der Waals surface area contributed by atoms with Crippen LogP contribution in [0.3, 0.4) is 0 Å². The maximum absolute atomic E-state index is 10.7. The molecule has 0 heterocycles. The molecule has 0 aromatic rings. The zero-order valence-corrected chi connectivity index (χ0v) is 9.57. The highest BCUT2D eigenvalue weighted by molar-refractivity contribution is 5.65. The third kappa shape index (κ3) is 7.30. The van der Waals surface area contributed by atoms with Gasteiger partial charge in [0.2, 0.25) is 0 Å². The Morgan fingerprint density at radius 2 is 2.07 bits per heavy atom. The fourth-order valence-electron chi connectivity index (χ4n) is 0.987. The first-order valence-corrected chi connectivity index (χ1v) is 4.59. The Labute approximate surface area is 93.1 Å². The van der Waals surface area contributed by atoms with Crippen molar-refractivity contribution in [1.29, 1.82) is 0 Å². The van der Waals surface area contributed by atoms with Crippen LogP contribution in [0.1, 0.15) is 29.4 Å². The maximum Gasteiger partial charge on any atom is 0.302 e. The van der Waals surface area contributed by atoms with Gasteiger partial charge in [0.05, 0.1) is 14.9 Å². The Bertz CT molecular complexity index is 251. The standard InChI is InChI=1S/C10H20O5/c1-8(11)15-6-5-10(2,12)7-9(13-3)14-4/h9,12H,5-7H2,1-4H3/i6+1D2. The zero-order valence-electron chi connectivity index (χ0n) is 11.6. The molecule has 0 amide bonds. The summed E-state index contributed by atoms with van der Waals surface area (Å²) in [5.41, 5.74) is -1.41. The second-order valence-corrected chi connectivity index (χ2v) is 3.52. The molecule has 5 heteroatoms. The SMILES string of the molecule is [2H][13C]([2H])(CC(C)(O)CC(OC)OC)OC(C)=O. The number of hydrogen-bond acceptors (Lipinski definition) is 5. The Morgan fingerprint density at radius 3 is 2.47 bits per heavy atom. The van der Waals surface area contributed by atoms with E-state index in [1.807, 2.05) is 0 Å². The minimum Gasteiger partial charge on any atom is -0.466 e. The highest BCUT2D eigenvalue weighted by atomic mass is 16.7. The summed E-state index contributed by atoms with van der Waals surface area (Å²) in [5.74, 6) is -0.735. The highest BCUT2D eigenvalue weighted by Gasteiger charge is 2.25. The van der Waals surface area contributed by atoms with E-state index < -0.39 is 24.4 Å². The van der Waals surface area contributed by atoms with Gasteiger partial charge >= 0.3 is 5.97 Å². The number of rotatable bonds is 7. The molecule has 0 aliphatic rings. The summed E-state index contributed by atoms with van der Waals surface area (Å²) in [6.45, 7) is 0.320. The molecule has 1 atom stereocenters. The molecule has 0 saturated carbocycles. The molecule has 0 fully saturated rings. The molecule has 15 heavy (non-hydrogen) atoms. The van der Waals surface area contributed by atoms with Crippen molar-refractivity contribution in [2.75, 3.05) is 20.8 Å². The molecule has 1 unspecified atom stereocenters. The lowest BCUT2D eigenvalue weighted by molar-refractivity contribution is -0.150. The maximum atomic E-state index is 10.7. The fourth-order valence-corrected chi connectivity index (χ4v) is 0.987. The summed E-state index contributed by atoms with van der Waals surface area (Å²) in [5, 5.41) is 10.0. The lowest BCUT2D eigenvalue weighted by Crippen LogP contribution is -2.33. The summed E-state index contributed by atoms with van der Waals surface area (Å²) in [7, 11) is 2.84. The number of aliphatic hydroxyl groups is 1. The van der Waals surface area contributed by atoms with Gasteiger partial charge in [-0.2, -0.15) is 0 Å². The van der Waals surface area contributed by atoms with E-state index in [2.05, 4.69) is 4.74 Å². The summed E-state index contributed by atoms with van der Waals surface area (Å²) >= 11 is 0. The molecule has 5 nitrogen and oxygen atoms in total. The van der Waals surface area contributed by atoms with Crippen molar-refractivity contribution in [3.8, 4) is 0 Å². The smallest absolute Gasteiger partial charge is 0.302 e. The van der Waals surface area contributed by atoms with E-state index in [4.69, 9.17) is 12.2 Å². The number of methoxy groups -OCH3 is 2. The zero-order chi connectivity index (χ0) is 13.7. The molecule has 0 radical (unpaired) electrons. The molecule has 0 aliphatic carbocycles. The Hall–Kier alpha value is -0.650. The lowest BCUT2D eigenvalue weighted by atomic mass is 10.0. The minimum atomic E-state index is -2.22. The van der Waals surface area contributed by atoms with Crippen LogP contribution in [0.5, 0.6) is 0 Å². The van der Waals surface area contributed by atoms with Gasteiger partial charge in [-0.1, -0.05) is 0 Å². The van der Waals surface area contributed by atoms with Gasteiger partial charge in [-0.15, -0.1) is 0 Å². The third-order valence-corrected chi connectivity index (χ3v) is 1.80. The number of ether oxygens (including phenoxy) is 3. The molecular weight excluding hydrogens is 201 g/mol. The van der Waals surface area contributed by atoms with Crippen molar-refractivity contribution in [3.05, 3.63) is 0 Å². The van der Waals surface area contributed by atoms with Crippen molar-refractivity contribution in [2.45, 2.75) is 38.6 Å². The van der Waals surface area contributed by atoms with E-state index in [0.717, 1.165) is 6.92 Å². The summed E-state index contributed by atoms with van der Waals surface area (Å²) in [4.78, 5) is 10.7. The predicted molar refractivity (Wildman–Crippen MR) is 54.3 cm³/mol. The molecule has 0 saturated heterocycles. The molecule has 0 aliphatic heterocycles. The van der Waals surface area contributed by atoms with Crippen molar-refractivity contribution in [1.82, 2.24) is 0 Å². The van der Waals surface area contributed by atoms with E-state index >= 15 is 0 Å². The highest BCUT2D eigenvalue weighted by Crippen LogP contribution is 2.18. The van der Waals surface area contributed by atoms with Crippen LogP contribution in [0.25, 0.3) is 0 Å². The molecule has 0 spiro atoms. The first-order chi connectivity index (χ1) is 7.62. The Morgan fingerprint density at radius 1 is 1.53 bits per heavy atom. The summed E-state index contributed by atoms with van der Waals surface area (Å²) in [6, 6.07) is 0. The van der Waals surface area contributed by atoms with E-state index in [-0.39, 0.29) is 12.8 Å². The summed E-state index contributed by atoms with van der Waals surface area (Å²) < 4.78 is 29.2. The van der Waals surface area contributed by atoms with Crippen molar-refractivity contribution in [3.63, 3.8) is 0 Å². The fraction of sp³-hybridized carbons (Fsp3) is 0.900. The summed E-state index contributed by atoms with van der Waals surface area (Å²) in [6.07, 6.45) is -0.929. The van der Waals surface area contributed by atoms with Crippen molar-refractivity contribution < 1.29 is 26.9 Å². The lowest BCUT2D eigenvalue weighted by Gasteiger charge is -2.26. The van der Waals surface area contributed by atoms with Crippen molar-refractivity contribution in [2.24, 2.45) is 0 Å². The Kier molecular flexibility index (Phi) is 4.89. The van der Waals surface area contributed by atoms with Crippen LogP contribution in [0.4, 0.5) is 0 Å². The molecular formula is C10H20O5. The molecule has 1 N–H and O–H groups in total. The average Bonchev–Trinajstić information content (AvgIpc) is 2.09. The van der Waals surface area contributed by atoms with E-state index in [1.54, 1.807) is 0 Å². The second kappa shape index (κ2) is 6.76. The van der Waals surface area contributed by atoms with Crippen LogP contribution in [0, 0.1) is 0 Å². The molecule has 90 valence electrons. The average molecular weight is 223 g/mol. The first kappa shape index (κ1) is 10.9. The van der Waals surface area contributed by atoms with Gasteiger partial charge in [0.25, 0.3) is 0 Å². The van der Waals surface area contributed by atoms with Crippen LogP contribution in [-0.4, -0.2) is 43.7 Å². The normalized spacial score (nSPS) is 18.0. The third-order valence-electron chi connectivity index (χ3n) is 1.80. The molecule has 0 aromatic heterocycles. The van der Waals surface area contributed by atoms with Gasteiger partial charge in [-0.25, -0.2) is 0 Å². The number of esters is 1. The van der Waals surface area contributed by atoms with E-state index in [0.29, 0.717) is 0 Å². The number of hydrogen-bond donors (Lipinski definition) is 1. The molecule has 0 bridgehead atoms. The van der Waals surface area contributed by atoms with E-state index in [9.17, 15) is 9.90 Å². The quantitative estimate of drug-likeness (QED) is 0.391. The first-order valence-electron chi connectivity index (χ1n) is 5.59.